The lowest BCUT2D eigenvalue weighted by atomic mass is 9.74. The van der Waals surface area contributed by atoms with Crippen LogP contribution in [-0.2, 0) is 0 Å². The highest BCUT2D eigenvalue weighted by molar-refractivity contribution is 5.06. The van der Waals surface area contributed by atoms with Crippen molar-refractivity contribution in [2.24, 2.45) is 5.92 Å². The molecular weight excluding hydrogens is 171 g/mol. The van der Waals surface area contributed by atoms with Gasteiger partial charge < -0.3 is 10.2 Å². The van der Waals surface area contributed by atoms with E-state index >= 15 is 0 Å². The van der Waals surface area contributed by atoms with E-state index in [0.717, 1.165) is 5.57 Å². The summed E-state index contributed by atoms with van der Waals surface area (Å²) in [5, 5.41) is 19.1. The second-order valence-electron chi connectivity index (χ2n) is 4.22. The van der Waals surface area contributed by atoms with Crippen LogP contribution in [0.5, 0.6) is 0 Å². The Morgan fingerprint density at radius 1 is 1.54 bits per heavy atom. The van der Waals surface area contributed by atoms with Gasteiger partial charge in [0.25, 0.3) is 0 Å². The number of allylic oxidation sites excluding steroid dienone is 1. The average Bonchev–Trinajstić information content (AvgIpc) is 2.00. The molecular formula is C10H17FO2. The smallest absolute Gasteiger partial charge is 0.132 e. The third-order valence-corrected chi connectivity index (χ3v) is 3.00. The fourth-order valence-corrected chi connectivity index (χ4v) is 1.70. The van der Waals surface area contributed by atoms with E-state index in [-0.39, 0.29) is 12.3 Å². The maximum atomic E-state index is 13.4. The number of halogens is 1. The molecule has 1 aliphatic rings. The Bertz CT molecular complexity index is 199. The zero-order chi connectivity index (χ0) is 10.2. The normalized spacial score (nSPS) is 46.1. The summed E-state index contributed by atoms with van der Waals surface area (Å²) in [6.45, 7) is 6.90. The lowest BCUT2D eigenvalue weighted by molar-refractivity contribution is -0.139. The van der Waals surface area contributed by atoms with Crippen LogP contribution in [0.25, 0.3) is 0 Å². The standard InChI is InChI=1S/C10H17FO2/c1-6(2)7-4-8(11)10(3,13)9(12)5-7/h7-9,12-13H,1,4-5H2,2-3H3/t7-,8-,9+,10+/m0/s1. The molecule has 0 aliphatic heterocycles. The Kier molecular flexibility index (Phi) is 2.78. The Morgan fingerprint density at radius 3 is 2.46 bits per heavy atom. The molecule has 13 heavy (non-hydrogen) atoms. The van der Waals surface area contributed by atoms with Gasteiger partial charge in [-0.05, 0) is 32.6 Å². The van der Waals surface area contributed by atoms with Crippen LogP contribution in [0.3, 0.4) is 0 Å². The fraction of sp³-hybridized carbons (Fsp3) is 0.800. The highest BCUT2D eigenvalue weighted by Gasteiger charge is 2.45. The van der Waals surface area contributed by atoms with E-state index in [2.05, 4.69) is 6.58 Å². The highest BCUT2D eigenvalue weighted by atomic mass is 19.1. The zero-order valence-corrected chi connectivity index (χ0v) is 8.13. The summed E-state index contributed by atoms with van der Waals surface area (Å²) in [4.78, 5) is 0. The van der Waals surface area contributed by atoms with E-state index in [1.807, 2.05) is 6.92 Å². The largest absolute Gasteiger partial charge is 0.390 e. The van der Waals surface area contributed by atoms with Gasteiger partial charge in [-0.2, -0.15) is 0 Å². The van der Waals surface area contributed by atoms with Crippen molar-refractivity contribution in [2.45, 2.75) is 44.6 Å². The third kappa shape index (κ3) is 1.92. The molecule has 1 rings (SSSR count). The maximum absolute atomic E-state index is 13.4. The van der Waals surface area contributed by atoms with Crippen LogP contribution < -0.4 is 0 Å². The van der Waals surface area contributed by atoms with Crippen molar-refractivity contribution in [1.82, 2.24) is 0 Å². The molecule has 1 saturated carbocycles. The van der Waals surface area contributed by atoms with Gasteiger partial charge in [-0.25, -0.2) is 4.39 Å². The Hall–Kier alpha value is -0.410. The number of hydrogen-bond acceptors (Lipinski definition) is 2. The molecule has 0 amide bonds. The van der Waals surface area contributed by atoms with Crippen LogP contribution in [-0.4, -0.2) is 28.1 Å². The summed E-state index contributed by atoms with van der Waals surface area (Å²) in [5.41, 5.74) is -0.719. The Morgan fingerprint density at radius 2 is 2.08 bits per heavy atom. The first kappa shape index (κ1) is 10.7. The second-order valence-corrected chi connectivity index (χ2v) is 4.22. The minimum absolute atomic E-state index is 0.00905. The number of aliphatic hydroxyl groups is 2. The predicted molar refractivity (Wildman–Crippen MR) is 49.1 cm³/mol. The molecule has 4 atom stereocenters. The molecule has 0 unspecified atom stereocenters. The van der Waals surface area contributed by atoms with Crippen molar-refractivity contribution in [3.05, 3.63) is 12.2 Å². The molecule has 2 nitrogen and oxygen atoms in total. The fourth-order valence-electron chi connectivity index (χ4n) is 1.70. The first-order valence-corrected chi connectivity index (χ1v) is 4.55. The monoisotopic (exact) mass is 188 g/mol. The van der Waals surface area contributed by atoms with Crippen molar-refractivity contribution >= 4 is 0 Å². The van der Waals surface area contributed by atoms with Gasteiger partial charge >= 0.3 is 0 Å². The molecule has 0 spiro atoms. The van der Waals surface area contributed by atoms with Gasteiger partial charge in [0, 0.05) is 0 Å². The summed E-state index contributed by atoms with van der Waals surface area (Å²) in [7, 11) is 0. The molecule has 0 aromatic heterocycles. The quantitative estimate of drug-likeness (QED) is 0.611. The Labute approximate surface area is 78.1 Å². The third-order valence-electron chi connectivity index (χ3n) is 3.00. The van der Waals surface area contributed by atoms with E-state index in [1.165, 1.54) is 6.92 Å². The Balaban J connectivity index is 2.73. The molecule has 0 radical (unpaired) electrons. The van der Waals surface area contributed by atoms with Gasteiger partial charge in [0.05, 0.1) is 6.10 Å². The van der Waals surface area contributed by atoms with Crippen molar-refractivity contribution in [2.75, 3.05) is 0 Å². The summed E-state index contributed by atoms with van der Waals surface area (Å²) in [6, 6.07) is 0. The van der Waals surface area contributed by atoms with Crippen molar-refractivity contribution in [1.29, 1.82) is 0 Å². The second kappa shape index (κ2) is 3.39. The first-order valence-electron chi connectivity index (χ1n) is 4.55. The van der Waals surface area contributed by atoms with E-state index in [0.29, 0.717) is 6.42 Å². The van der Waals surface area contributed by atoms with Gasteiger partial charge in [-0.1, -0.05) is 12.2 Å². The van der Waals surface area contributed by atoms with Crippen molar-refractivity contribution < 1.29 is 14.6 Å². The first-order chi connectivity index (χ1) is 5.85. The molecule has 2 N–H and O–H groups in total. The lowest BCUT2D eigenvalue weighted by Crippen LogP contribution is -2.52. The van der Waals surface area contributed by atoms with Gasteiger partial charge in [0.1, 0.15) is 11.8 Å². The van der Waals surface area contributed by atoms with Crippen molar-refractivity contribution in [3.63, 3.8) is 0 Å². The molecule has 0 aromatic rings. The summed E-state index contributed by atoms with van der Waals surface area (Å²) in [5.74, 6) is -0.00905. The maximum Gasteiger partial charge on any atom is 0.132 e. The van der Waals surface area contributed by atoms with Crippen LogP contribution in [0, 0.1) is 5.92 Å². The molecule has 3 heteroatoms. The lowest BCUT2D eigenvalue weighted by Gasteiger charge is -2.40. The minimum Gasteiger partial charge on any atom is -0.390 e. The van der Waals surface area contributed by atoms with Gasteiger partial charge in [0.2, 0.25) is 0 Å². The summed E-state index contributed by atoms with van der Waals surface area (Å²) >= 11 is 0. The molecule has 0 saturated heterocycles. The van der Waals surface area contributed by atoms with Crippen LogP contribution in [0.4, 0.5) is 4.39 Å². The van der Waals surface area contributed by atoms with Crippen LogP contribution >= 0.6 is 0 Å². The molecule has 0 aromatic carbocycles. The molecule has 0 bridgehead atoms. The molecule has 76 valence electrons. The molecule has 1 aliphatic carbocycles. The summed E-state index contributed by atoms with van der Waals surface area (Å²) in [6.07, 6.45) is -1.68. The van der Waals surface area contributed by atoms with E-state index in [4.69, 9.17) is 0 Å². The topological polar surface area (TPSA) is 40.5 Å². The van der Waals surface area contributed by atoms with E-state index in [9.17, 15) is 14.6 Å². The average molecular weight is 188 g/mol. The molecule has 0 heterocycles. The zero-order valence-electron chi connectivity index (χ0n) is 8.13. The van der Waals surface area contributed by atoms with Gasteiger partial charge in [-0.15, -0.1) is 0 Å². The van der Waals surface area contributed by atoms with Crippen molar-refractivity contribution in [3.8, 4) is 0 Å². The number of alkyl halides is 1. The van der Waals surface area contributed by atoms with Crippen LogP contribution in [0.2, 0.25) is 0 Å². The molecule has 1 fully saturated rings. The SMILES string of the molecule is C=C(C)[C@@H]1C[C@@H](O)[C@](C)(O)[C@@H](F)C1. The predicted octanol–water partition coefficient (Wildman–Crippen LogP) is 1.42. The minimum atomic E-state index is -1.59. The van der Waals surface area contributed by atoms with Gasteiger partial charge in [0.15, 0.2) is 0 Å². The number of hydrogen-bond donors (Lipinski definition) is 2. The van der Waals surface area contributed by atoms with E-state index < -0.39 is 17.9 Å². The summed E-state index contributed by atoms with van der Waals surface area (Å²) < 4.78 is 13.4. The van der Waals surface area contributed by atoms with E-state index in [1.54, 1.807) is 0 Å². The van der Waals surface area contributed by atoms with Gasteiger partial charge in [-0.3, -0.25) is 0 Å². The highest BCUT2D eigenvalue weighted by Crippen LogP contribution is 2.37. The van der Waals surface area contributed by atoms with Crippen LogP contribution in [0.15, 0.2) is 12.2 Å². The van der Waals surface area contributed by atoms with Crippen LogP contribution in [0.1, 0.15) is 26.7 Å². The number of aliphatic hydroxyl groups excluding tert-OH is 1. The number of rotatable bonds is 1.